The van der Waals surface area contributed by atoms with Crippen LogP contribution in [0.25, 0.3) is 0 Å². The lowest BCUT2D eigenvalue weighted by molar-refractivity contribution is 0.262. The van der Waals surface area contributed by atoms with E-state index in [-0.39, 0.29) is 36.6 Å². The zero-order chi connectivity index (χ0) is 27.2. The minimum Gasteiger partial charge on any atom is -0.491 e. The van der Waals surface area contributed by atoms with Crippen LogP contribution in [0.4, 0.5) is 11.4 Å². The predicted octanol–water partition coefficient (Wildman–Crippen LogP) is 2.04. The maximum atomic E-state index is 6.21. The van der Waals surface area contributed by atoms with E-state index >= 15 is 0 Å². The first-order valence-electron chi connectivity index (χ1n) is 14.9. The lowest BCUT2D eigenvalue weighted by Gasteiger charge is -2.26. The molecule has 220 valence electrons. The lowest BCUT2D eigenvalue weighted by atomic mass is 10.0. The van der Waals surface area contributed by atoms with Gasteiger partial charge in [0, 0.05) is 49.7 Å². The van der Waals surface area contributed by atoms with Gasteiger partial charge in [0.1, 0.15) is 36.9 Å². The number of benzene rings is 2. The van der Waals surface area contributed by atoms with E-state index in [0.717, 1.165) is 95.1 Å². The molecule has 0 bridgehead atoms. The highest BCUT2D eigenvalue weighted by Gasteiger charge is 2.33. The molecule has 10 nitrogen and oxygen atoms in total. The molecule has 0 radical (unpaired) electrons. The van der Waals surface area contributed by atoms with Gasteiger partial charge < -0.3 is 47.7 Å². The second-order valence-electron chi connectivity index (χ2n) is 12.0. The summed E-state index contributed by atoms with van der Waals surface area (Å²) >= 11 is 0. The van der Waals surface area contributed by atoms with E-state index < -0.39 is 0 Å². The van der Waals surface area contributed by atoms with Crippen LogP contribution in [0.2, 0.25) is 0 Å². The van der Waals surface area contributed by atoms with Crippen molar-refractivity contribution in [3.63, 3.8) is 0 Å². The largest absolute Gasteiger partial charge is 0.491 e. The summed E-state index contributed by atoms with van der Waals surface area (Å²) in [6.07, 6.45) is 2.27. The maximum Gasteiger partial charge on any atom is 0.121 e. The molecule has 6 aliphatic rings. The van der Waals surface area contributed by atoms with Gasteiger partial charge in [-0.2, -0.15) is 0 Å². The molecule has 0 aromatic heterocycles. The van der Waals surface area contributed by atoms with Gasteiger partial charge >= 0.3 is 0 Å². The summed E-state index contributed by atoms with van der Waals surface area (Å²) in [4.78, 5) is 4.76. The fraction of sp³-hybridized carbons (Fsp3) is 0.613. The van der Waals surface area contributed by atoms with Gasteiger partial charge in [-0.1, -0.05) is 0 Å². The fourth-order valence-electron chi connectivity index (χ4n) is 5.21. The van der Waals surface area contributed by atoms with Crippen molar-refractivity contribution in [1.82, 2.24) is 0 Å². The summed E-state index contributed by atoms with van der Waals surface area (Å²) in [5, 5.41) is 0. The van der Waals surface area contributed by atoms with Gasteiger partial charge in [0.05, 0.1) is 64.1 Å². The van der Waals surface area contributed by atoms with Crippen molar-refractivity contribution in [3.8, 4) is 11.5 Å². The van der Waals surface area contributed by atoms with Gasteiger partial charge in [0.15, 0.2) is 0 Å². The minimum absolute atomic E-state index is 0.196. The Kier molecular flexibility index (Phi) is 7.14. The van der Waals surface area contributed by atoms with Gasteiger partial charge in [-0.05, 0) is 41.8 Å². The molecule has 0 aliphatic carbocycles. The van der Waals surface area contributed by atoms with Crippen LogP contribution in [0.5, 0.6) is 11.5 Å². The summed E-state index contributed by atoms with van der Waals surface area (Å²) in [5.74, 6) is 1.73. The Bertz CT molecular complexity index is 1100. The van der Waals surface area contributed by atoms with Gasteiger partial charge in [-0.25, -0.2) is 0 Å². The molecule has 6 fully saturated rings. The van der Waals surface area contributed by atoms with E-state index in [9.17, 15) is 0 Å². The van der Waals surface area contributed by atoms with E-state index in [2.05, 4.69) is 46.2 Å². The maximum absolute atomic E-state index is 6.21. The van der Waals surface area contributed by atoms with Gasteiger partial charge in [0.25, 0.3) is 0 Å². The number of ether oxygens (including phenoxy) is 8. The van der Waals surface area contributed by atoms with Crippen molar-refractivity contribution in [2.75, 3.05) is 88.8 Å². The summed E-state index contributed by atoms with van der Waals surface area (Å²) in [6.45, 7) is 9.37. The van der Waals surface area contributed by atoms with Crippen LogP contribution in [0.15, 0.2) is 36.4 Å². The first-order chi connectivity index (χ1) is 20.2. The molecule has 8 rings (SSSR count). The van der Waals surface area contributed by atoms with Crippen LogP contribution in [0.1, 0.15) is 11.1 Å². The standard InChI is InChI=1S/C31H38N2O8/c1(20-2-22(6-24(4-20)34-16-30-18-40-30)32(8-26-12-36-26)9-27-13-37-27)21-3-23(7-25(5-21)35-17-31-19-41-31)33(10-28-14-38-28)11-29-15-39-29/h2-7,26-31H,1,8-19H2. The average Bonchev–Trinajstić information content (AvgIpc) is 3.73. The quantitative estimate of drug-likeness (QED) is 0.249. The molecular weight excluding hydrogens is 528 g/mol. The Morgan fingerprint density at radius 1 is 0.488 bits per heavy atom. The van der Waals surface area contributed by atoms with Crippen LogP contribution in [0, 0.1) is 0 Å². The number of anilines is 2. The molecule has 2 aromatic rings. The second kappa shape index (κ2) is 11.2. The van der Waals surface area contributed by atoms with Crippen molar-refractivity contribution in [3.05, 3.63) is 47.5 Å². The van der Waals surface area contributed by atoms with E-state index in [0.29, 0.717) is 13.2 Å². The minimum atomic E-state index is 0.196. The van der Waals surface area contributed by atoms with Gasteiger partial charge in [-0.15, -0.1) is 0 Å². The number of hydrogen-bond acceptors (Lipinski definition) is 10. The van der Waals surface area contributed by atoms with Crippen molar-refractivity contribution >= 4 is 11.4 Å². The zero-order valence-electron chi connectivity index (χ0n) is 23.3. The number of nitrogens with zero attached hydrogens (tertiary/aromatic N) is 2. The van der Waals surface area contributed by atoms with Crippen LogP contribution in [0.3, 0.4) is 0 Å². The SMILES string of the molecule is c1c(Cc2cc(OCC3CO3)cc(N(CC3CO3)CC3CO3)c2)cc(N(CC2CO2)CC2CO2)cc1OCC1CO1. The second-order valence-corrected chi connectivity index (χ2v) is 12.0. The van der Waals surface area contributed by atoms with Crippen LogP contribution < -0.4 is 19.3 Å². The molecule has 6 unspecified atom stereocenters. The molecule has 10 heteroatoms. The number of hydrogen-bond donors (Lipinski definition) is 0. The third-order valence-electron chi connectivity index (χ3n) is 8.02. The fourth-order valence-corrected chi connectivity index (χ4v) is 5.21. The highest BCUT2D eigenvalue weighted by Crippen LogP contribution is 2.33. The van der Waals surface area contributed by atoms with Crippen molar-refractivity contribution in [1.29, 1.82) is 0 Å². The molecule has 6 aliphatic heterocycles. The summed E-state index contributed by atoms with van der Waals surface area (Å²) in [7, 11) is 0. The Hall–Kier alpha value is -2.60. The molecule has 0 amide bonds. The van der Waals surface area contributed by atoms with E-state index in [1.807, 2.05) is 0 Å². The first-order valence-corrected chi connectivity index (χ1v) is 14.9. The van der Waals surface area contributed by atoms with E-state index in [4.69, 9.17) is 37.9 Å². The van der Waals surface area contributed by atoms with Crippen LogP contribution >= 0.6 is 0 Å². The Morgan fingerprint density at radius 3 is 1.15 bits per heavy atom. The molecule has 2 aromatic carbocycles. The summed E-state index contributed by atoms with van der Waals surface area (Å²) < 4.78 is 45.6. The molecule has 0 saturated carbocycles. The molecular formula is C31H38N2O8. The van der Waals surface area contributed by atoms with Crippen molar-refractivity contribution in [2.24, 2.45) is 0 Å². The van der Waals surface area contributed by atoms with Crippen LogP contribution in [-0.4, -0.2) is 116 Å². The lowest BCUT2D eigenvalue weighted by Crippen LogP contribution is -2.31. The van der Waals surface area contributed by atoms with Gasteiger partial charge in [0.2, 0.25) is 0 Å². The van der Waals surface area contributed by atoms with E-state index in [1.165, 1.54) is 11.1 Å². The van der Waals surface area contributed by atoms with Crippen molar-refractivity contribution < 1.29 is 37.9 Å². The summed E-state index contributed by atoms with van der Waals surface area (Å²) in [5.41, 5.74) is 4.64. The first kappa shape index (κ1) is 26.1. The molecule has 6 saturated heterocycles. The third-order valence-corrected chi connectivity index (χ3v) is 8.02. The molecule has 6 heterocycles. The molecule has 0 N–H and O–H groups in total. The Balaban J connectivity index is 1.08. The normalized spacial score (nSPS) is 30.0. The predicted molar refractivity (Wildman–Crippen MR) is 150 cm³/mol. The highest BCUT2D eigenvalue weighted by atomic mass is 16.6. The molecule has 41 heavy (non-hydrogen) atoms. The molecule has 0 spiro atoms. The molecule has 6 atom stereocenters. The van der Waals surface area contributed by atoms with Gasteiger partial charge in [-0.3, -0.25) is 0 Å². The zero-order valence-corrected chi connectivity index (χ0v) is 23.3. The Morgan fingerprint density at radius 2 is 0.829 bits per heavy atom. The van der Waals surface area contributed by atoms with Crippen molar-refractivity contribution in [2.45, 2.75) is 43.0 Å². The van der Waals surface area contributed by atoms with E-state index in [1.54, 1.807) is 0 Å². The Labute approximate surface area is 240 Å². The topological polar surface area (TPSA) is 100 Å². The number of epoxide rings is 6. The third kappa shape index (κ3) is 7.82. The smallest absolute Gasteiger partial charge is 0.121 e. The summed E-state index contributed by atoms with van der Waals surface area (Å²) in [6, 6.07) is 13.2. The van der Waals surface area contributed by atoms with Crippen LogP contribution in [-0.2, 0) is 34.8 Å². The monoisotopic (exact) mass is 566 g/mol. The average molecular weight is 567 g/mol. The highest BCUT2D eigenvalue weighted by molar-refractivity contribution is 5.58. The number of rotatable bonds is 18.